The zero-order chi connectivity index (χ0) is 23.0. The molecule has 1 aromatic carbocycles. The number of rotatable bonds is 6. The normalized spacial score (nSPS) is 18.7. The number of allylic oxidation sites excluding steroid dienone is 1. The molecule has 6 nitrogen and oxygen atoms in total. The van der Waals surface area contributed by atoms with Crippen molar-refractivity contribution in [2.75, 3.05) is 18.9 Å². The third kappa shape index (κ3) is 4.71. The van der Waals surface area contributed by atoms with E-state index in [0.29, 0.717) is 39.8 Å². The van der Waals surface area contributed by atoms with Gasteiger partial charge in [0, 0.05) is 31.1 Å². The summed E-state index contributed by atoms with van der Waals surface area (Å²) in [7, 11) is 1.44. The molecule has 0 saturated heterocycles. The van der Waals surface area contributed by atoms with E-state index in [0.717, 1.165) is 0 Å². The van der Waals surface area contributed by atoms with Gasteiger partial charge in [0.2, 0.25) is 11.8 Å². The number of benzene rings is 1. The van der Waals surface area contributed by atoms with Gasteiger partial charge in [-0.2, -0.15) is 0 Å². The fourth-order valence-electron chi connectivity index (χ4n) is 3.77. The molecule has 0 atom stereocenters. The number of alkyl halides is 2. The number of ketones is 1. The number of carbonyl (C=O) groups excluding carboxylic acids is 4. The highest BCUT2D eigenvalue weighted by atomic mass is 32.2. The number of nitrogens with zero attached hydrogens (tertiary/aromatic N) is 1. The maximum absolute atomic E-state index is 13.5. The fourth-order valence-corrected chi connectivity index (χ4v) is 4.50. The molecule has 1 aliphatic heterocycles. The summed E-state index contributed by atoms with van der Waals surface area (Å²) in [6.07, 6.45) is -0.646. The van der Waals surface area contributed by atoms with Crippen LogP contribution < -0.4 is 5.32 Å². The van der Waals surface area contributed by atoms with Crippen molar-refractivity contribution in [1.82, 2.24) is 4.90 Å². The molecule has 1 fully saturated rings. The van der Waals surface area contributed by atoms with Crippen molar-refractivity contribution in [3.63, 3.8) is 0 Å². The molecule has 3 rings (SSSR count). The van der Waals surface area contributed by atoms with Crippen LogP contribution in [0.3, 0.4) is 0 Å². The Balaban J connectivity index is 1.76. The molecule has 9 heteroatoms. The molecule has 1 heterocycles. The van der Waals surface area contributed by atoms with E-state index < -0.39 is 17.2 Å². The highest BCUT2D eigenvalue weighted by Gasteiger charge is 2.39. The summed E-state index contributed by atoms with van der Waals surface area (Å²) < 4.78 is 26.9. The summed E-state index contributed by atoms with van der Waals surface area (Å²) in [5, 5.41) is 2.77. The zero-order valence-electron chi connectivity index (χ0n) is 17.6. The topological polar surface area (TPSA) is 83.6 Å². The molecular weight excluding hydrogens is 426 g/mol. The standard InChI is InChI=1S/C22H24F2N2O4S/c1-21(2)15-10-14(4-5-16(15)25-20(21)30)17(28)11-26(3)19(29)18(31-12-27)13-6-8-22(23,24)9-7-13/h4-5,10,12H,6-9,11H2,1-3H3,(H,25,30). The molecule has 166 valence electrons. The lowest BCUT2D eigenvalue weighted by Crippen LogP contribution is -2.34. The second kappa shape index (κ2) is 8.53. The largest absolute Gasteiger partial charge is 0.334 e. The Morgan fingerprint density at radius 3 is 2.48 bits per heavy atom. The minimum Gasteiger partial charge on any atom is -0.334 e. The molecule has 2 amide bonds. The van der Waals surface area contributed by atoms with Gasteiger partial charge in [-0.1, -0.05) is 5.57 Å². The number of Topliss-reactive ketones (excluding diaryl/α,β-unsaturated/α-hetero) is 1. The van der Waals surface area contributed by atoms with Crippen molar-refractivity contribution >= 4 is 40.7 Å². The van der Waals surface area contributed by atoms with Gasteiger partial charge in [0.05, 0.1) is 16.9 Å². The molecular formula is C22H24F2N2O4S. The number of nitrogens with one attached hydrogen (secondary N) is 1. The van der Waals surface area contributed by atoms with Crippen molar-refractivity contribution in [3.8, 4) is 0 Å². The summed E-state index contributed by atoms with van der Waals surface area (Å²) in [4.78, 5) is 50.2. The minimum atomic E-state index is -2.76. The van der Waals surface area contributed by atoms with Crippen LogP contribution in [0.1, 0.15) is 55.5 Å². The van der Waals surface area contributed by atoms with Crippen molar-refractivity contribution in [1.29, 1.82) is 0 Å². The molecule has 0 spiro atoms. The summed E-state index contributed by atoms with van der Waals surface area (Å²) in [6, 6.07) is 4.90. The lowest BCUT2D eigenvalue weighted by Gasteiger charge is -2.26. The first-order chi connectivity index (χ1) is 14.5. The summed E-state index contributed by atoms with van der Waals surface area (Å²) in [6.45, 7) is 3.29. The number of fused-ring (bicyclic) bond motifs is 1. The molecule has 1 saturated carbocycles. The predicted molar refractivity (Wildman–Crippen MR) is 115 cm³/mol. The van der Waals surface area contributed by atoms with Crippen LogP contribution in [0.15, 0.2) is 28.7 Å². The number of thioether (sulfide) groups is 1. The second-order valence-corrected chi connectivity index (χ2v) is 9.26. The average Bonchev–Trinajstić information content (AvgIpc) is 2.94. The average molecular weight is 451 g/mol. The number of carbonyl (C=O) groups is 4. The molecule has 0 aromatic heterocycles. The van der Waals surface area contributed by atoms with E-state index in [1.807, 2.05) is 0 Å². The Hall–Kier alpha value is -2.55. The quantitative estimate of drug-likeness (QED) is 0.403. The fraction of sp³-hybridized carbons (Fsp3) is 0.455. The lowest BCUT2D eigenvalue weighted by molar-refractivity contribution is -0.125. The Kier molecular flexibility index (Phi) is 6.36. The Morgan fingerprint density at radius 2 is 1.87 bits per heavy atom. The maximum Gasteiger partial charge on any atom is 0.260 e. The van der Waals surface area contributed by atoms with E-state index in [9.17, 15) is 28.0 Å². The lowest BCUT2D eigenvalue weighted by atomic mass is 9.85. The molecule has 0 bridgehead atoms. The van der Waals surface area contributed by atoms with E-state index in [4.69, 9.17) is 0 Å². The Bertz CT molecular complexity index is 976. The van der Waals surface area contributed by atoms with Gasteiger partial charge in [0.15, 0.2) is 11.4 Å². The number of hydrogen-bond donors (Lipinski definition) is 1. The number of amides is 2. The first-order valence-electron chi connectivity index (χ1n) is 9.91. The van der Waals surface area contributed by atoms with Gasteiger partial charge in [-0.05, 0) is 62.2 Å². The van der Waals surface area contributed by atoms with E-state index in [-0.39, 0.29) is 48.8 Å². The van der Waals surface area contributed by atoms with E-state index >= 15 is 0 Å². The molecule has 2 aliphatic rings. The van der Waals surface area contributed by atoms with Crippen LogP contribution in [-0.2, 0) is 19.8 Å². The molecule has 1 N–H and O–H groups in total. The van der Waals surface area contributed by atoms with Crippen LogP contribution in [0.25, 0.3) is 0 Å². The Labute approximate surface area is 183 Å². The van der Waals surface area contributed by atoms with Gasteiger partial charge in [0.25, 0.3) is 5.91 Å². The molecule has 1 aliphatic carbocycles. The van der Waals surface area contributed by atoms with Gasteiger partial charge >= 0.3 is 0 Å². The maximum atomic E-state index is 13.5. The van der Waals surface area contributed by atoms with Crippen molar-refractivity contribution < 1.29 is 28.0 Å². The number of anilines is 1. The third-order valence-electron chi connectivity index (χ3n) is 5.82. The van der Waals surface area contributed by atoms with Gasteiger partial charge in [0.1, 0.15) is 0 Å². The van der Waals surface area contributed by atoms with Gasteiger partial charge < -0.3 is 10.2 Å². The van der Waals surface area contributed by atoms with Crippen molar-refractivity contribution in [2.45, 2.75) is 50.9 Å². The first-order valence-corrected chi connectivity index (χ1v) is 10.8. The summed E-state index contributed by atoms with van der Waals surface area (Å²) in [5.41, 5.74) is 1.97. The SMILES string of the molecule is CN(CC(=O)c1ccc2c(c1)C(C)(C)C(=O)N2)C(=O)C(SC=O)=C1CCC(F)(F)CC1. The molecule has 1 aromatic rings. The van der Waals surface area contributed by atoms with Gasteiger partial charge in [-0.25, -0.2) is 8.78 Å². The van der Waals surface area contributed by atoms with Crippen LogP contribution in [0.4, 0.5) is 14.5 Å². The number of likely N-dealkylation sites (N-methyl/N-ethyl adjacent to an activating group) is 1. The second-order valence-electron chi connectivity index (χ2n) is 8.43. The molecule has 31 heavy (non-hydrogen) atoms. The van der Waals surface area contributed by atoms with Crippen molar-refractivity contribution in [3.05, 3.63) is 39.8 Å². The Morgan fingerprint density at radius 1 is 1.23 bits per heavy atom. The van der Waals surface area contributed by atoms with E-state index in [1.165, 1.54) is 11.9 Å². The van der Waals surface area contributed by atoms with Crippen LogP contribution in [0, 0.1) is 0 Å². The van der Waals surface area contributed by atoms with E-state index in [1.54, 1.807) is 32.0 Å². The predicted octanol–water partition coefficient (Wildman–Crippen LogP) is 3.94. The summed E-state index contributed by atoms with van der Waals surface area (Å²) >= 11 is 0.665. The van der Waals surface area contributed by atoms with Crippen molar-refractivity contribution in [2.24, 2.45) is 0 Å². The molecule has 0 radical (unpaired) electrons. The van der Waals surface area contributed by atoms with Gasteiger partial charge in [-0.15, -0.1) is 0 Å². The zero-order valence-corrected chi connectivity index (χ0v) is 18.4. The van der Waals surface area contributed by atoms with Crippen LogP contribution in [0.2, 0.25) is 0 Å². The number of hydrogen-bond acceptors (Lipinski definition) is 5. The van der Waals surface area contributed by atoms with Crippen LogP contribution >= 0.6 is 11.8 Å². The summed E-state index contributed by atoms with van der Waals surface area (Å²) in [5.74, 6) is -3.78. The van der Waals surface area contributed by atoms with E-state index in [2.05, 4.69) is 5.32 Å². The molecule has 0 unspecified atom stereocenters. The highest BCUT2D eigenvalue weighted by Crippen LogP contribution is 2.40. The smallest absolute Gasteiger partial charge is 0.260 e. The first kappa shape index (κ1) is 23.1. The van der Waals surface area contributed by atoms with Crippen LogP contribution in [-0.4, -0.2) is 47.6 Å². The third-order valence-corrected chi connectivity index (χ3v) is 6.62. The number of halogens is 2. The van der Waals surface area contributed by atoms with Crippen LogP contribution in [0.5, 0.6) is 0 Å². The monoisotopic (exact) mass is 450 g/mol. The highest BCUT2D eigenvalue weighted by molar-refractivity contribution is 8.16. The van der Waals surface area contributed by atoms with Gasteiger partial charge in [-0.3, -0.25) is 19.2 Å². The minimum absolute atomic E-state index is 0.0393.